The number of hydrogen-bond acceptors (Lipinski definition) is 4. The zero-order valence-corrected chi connectivity index (χ0v) is 12.2. The Balaban J connectivity index is 1.57. The van der Waals surface area contributed by atoms with E-state index in [4.69, 9.17) is 0 Å². The third kappa shape index (κ3) is 2.46. The molecule has 0 saturated carbocycles. The van der Waals surface area contributed by atoms with Gasteiger partial charge < -0.3 is 5.32 Å². The minimum atomic E-state index is 0.690. The van der Waals surface area contributed by atoms with Gasteiger partial charge in [0.1, 0.15) is 5.01 Å². The van der Waals surface area contributed by atoms with Crippen LogP contribution in [0.4, 0.5) is 0 Å². The van der Waals surface area contributed by atoms with Crippen LogP contribution in [-0.4, -0.2) is 35.1 Å². The lowest BCUT2D eigenvalue weighted by molar-refractivity contribution is 0.180. The summed E-state index contributed by atoms with van der Waals surface area (Å²) < 4.78 is 0. The van der Waals surface area contributed by atoms with Gasteiger partial charge in [0.15, 0.2) is 0 Å². The SMILES string of the molecule is Cc1nc(CNC2CCN3CCCCC23)sc1C. The minimum absolute atomic E-state index is 0.690. The molecule has 3 heterocycles. The van der Waals surface area contributed by atoms with Gasteiger partial charge >= 0.3 is 0 Å². The van der Waals surface area contributed by atoms with Crippen LogP contribution in [0.15, 0.2) is 0 Å². The van der Waals surface area contributed by atoms with E-state index in [-0.39, 0.29) is 0 Å². The first-order chi connectivity index (χ1) is 8.74. The highest BCUT2D eigenvalue weighted by Gasteiger charge is 2.34. The van der Waals surface area contributed by atoms with E-state index < -0.39 is 0 Å². The first kappa shape index (κ1) is 12.6. The number of fused-ring (bicyclic) bond motifs is 1. The Morgan fingerprint density at radius 2 is 2.17 bits per heavy atom. The average Bonchev–Trinajstić information content (AvgIpc) is 2.92. The standard InChI is InChI=1S/C14H23N3S/c1-10-11(2)18-14(16-10)9-15-12-6-8-17-7-4-3-5-13(12)17/h12-13,15H,3-9H2,1-2H3. The Morgan fingerprint density at radius 3 is 2.94 bits per heavy atom. The number of piperidine rings is 1. The van der Waals surface area contributed by atoms with Crippen molar-refractivity contribution in [3.63, 3.8) is 0 Å². The van der Waals surface area contributed by atoms with E-state index >= 15 is 0 Å². The number of thiazole rings is 1. The van der Waals surface area contributed by atoms with Gasteiger partial charge in [0, 0.05) is 30.1 Å². The van der Waals surface area contributed by atoms with Gasteiger partial charge in [-0.1, -0.05) is 6.42 Å². The number of nitrogens with zero attached hydrogens (tertiary/aromatic N) is 2. The number of nitrogens with one attached hydrogen (secondary N) is 1. The smallest absolute Gasteiger partial charge is 0.107 e. The minimum Gasteiger partial charge on any atom is -0.306 e. The molecular weight excluding hydrogens is 242 g/mol. The molecular formula is C14H23N3S. The summed E-state index contributed by atoms with van der Waals surface area (Å²) in [4.78, 5) is 8.66. The van der Waals surface area contributed by atoms with Gasteiger partial charge in [-0.2, -0.15) is 0 Å². The summed E-state index contributed by atoms with van der Waals surface area (Å²) in [6.45, 7) is 7.83. The van der Waals surface area contributed by atoms with Crippen molar-refractivity contribution in [3.8, 4) is 0 Å². The Labute approximate surface area is 114 Å². The van der Waals surface area contributed by atoms with Crippen molar-refractivity contribution in [1.82, 2.24) is 15.2 Å². The van der Waals surface area contributed by atoms with Crippen LogP contribution in [-0.2, 0) is 6.54 Å². The van der Waals surface area contributed by atoms with Crippen LogP contribution >= 0.6 is 11.3 Å². The maximum atomic E-state index is 4.62. The maximum Gasteiger partial charge on any atom is 0.107 e. The van der Waals surface area contributed by atoms with Crippen molar-refractivity contribution in [1.29, 1.82) is 0 Å². The number of rotatable bonds is 3. The van der Waals surface area contributed by atoms with Crippen LogP contribution in [0.5, 0.6) is 0 Å². The first-order valence-corrected chi connectivity index (χ1v) is 7.96. The molecule has 0 aromatic carbocycles. The van der Waals surface area contributed by atoms with Crippen LogP contribution in [0, 0.1) is 13.8 Å². The molecule has 1 aromatic rings. The number of hydrogen-bond donors (Lipinski definition) is 1. The van der Waals surface area contributed by atoms with Crippen molar-refractivity contribution in [3.05, 3.63) is 15.6 Å². The largest absolute Gasteiger partial charge is 0.306 e. The van der Waals surface area contributed by atoms with E-state index in [2.05, 4.69) is 29.0 Å². The molecule has 2 saturated heterocycles. The van der Waals surface area contributed by atoms with Gasteiger partial charge in [-0.3, -0.25) is 4.90 Å². The van der Waals surface area contributed by atoms with Gasteiger partial charge in [0.25, 0.3) is 0 Å². The molecule has 2 aliphatic heterocycles. The number of aromatic nitrogens is 1. The fraction of sp³-hybridized carbons (Fsp3) is 0.786. The van der Waals surface area contributed by atoms with Crippen LogP contribution < -0.4 is 5.32 Å². The Hall–Kier alpha value is -0.450. The lowest BCUT2D eigenvalue weighted by Gasteiger charge is -2.32. The van der Waals surface area contributed by atoms with E-state index in [9.17, 15) is 0 Å². The van der Waals surface area contributed by atoms with E-state index in [1.165, 1.54) is 54.4 Å². The normalized spacial score (nSPS) is 28.6. The zero-order valence-electron chi connectivity index (χ0n) is 11.4. The molecule has 100 valence electrons. The zero-order chi connectivity index (χ0) is 12.5. The van der Waals surface area contributed by atoms with Crippen molar-refractivity contribution in [2.24, 2.45) is 0 Å². The van der Waals surface area contributed by atoms with Gasteiger partial charge in [0.2, 0.25) is 0 Å². The molecule has 2 unspecified atom stereocenters. The summed E-state index contributed by atoms with van der Waals surface area (Å²) in [7, 11) is 0. The summed E-state index contributed by atoms with van der Waals surface area (Å²) >= 11 is 1.84. The predicted molar refractivity (Wildman–Crippen MR) is 76.0 cm³/mol. The molecule has 3 rings (SSSR count). The Morgan fingerprint density at radius 1 is 1.28 bits per heavy atom. The van der Waals surface area contributed by atoms with Crippen LogP contribution in [0.1, 0.15) is 41.3 Å². The third-order valence-electron chi connectivity index (χ3n) is 4.44. The highest BCUT2D eigenvalue weighted by Crippen LogP contribution is 2.27. The lowest BCUT2D eigenvalue weighted by atomic mass is 9.99. The molecule has 0 radical (unpaired) electrons. The second kappa shape index (κ2) is 5.27. The fourth-order valence-electron chi connectivity index (χ4n) is 3.32. The first-order valence-electron chi connectivity index (χ1n) is 7.14. The van der Waals surface area contributed by atoms with E-state index in [1.54, 1.807) is 0 Å². The van der Waals surface area contributed by atoms with Crippen LogP contribution in [0.2, 0.25) is 0 Å². The van der Waals surface area contributed by atoms with E-state index in [1.807, 2.05) is 11.3 Å². The molecule has 0 amide bonds. The molecule has 18 heavy (non-hydrogen) atoms. The second-order valence-electron chi connectivity index (χ2n) is 5.62. The molecule has 1 N–H and O–H groups in total. The monoisotopic (exact) mass is 265 g/mol. The van der Waals surface area contributed by atoms with E-state index in [0.29, 0.717) is 6.04 Å². The summed E-state index contributed by atoms with van der Waals surface area (Å²) in [6.07, 6.45) is 5.50. The predicted octanol–water partition coefficient (Wildman–Crippen LogP) is 2.48. The lowest BCUT2D eigenvalue weighted by Crippen LogP contribution is -2.44. The second-order valence-corrected chi connectivity index (χ2v) is 6.91. The van der Waals surface area contributed by atoms with Crippen molar-refractivity contribution in [2.75, 3.05) is 13.1 Å². The van der Waals surface area contributed by atoms with Crippen LogP contribution in [0.3, 0.4) is 0 Å². The molecule has 3 nitrogen and oxygen atoms in total. The van der Waals surface area contributed by atoms with Crippen molar-refractivity contribution in [2.45, 2.75) is 58.2 Å². The van der Waals surface area contributed by atoms with Gasteiger partial charge in [0.05, 0.1) is 5.69 Å². The molecule has 2 aliphatic rings. The van der Waals surface area contributed by atoms with Gasteiger partial charge in [-0.15, -0.1) is 11.3 Å². The summed E-state index contributed by atoms with van der Waals surface area (Å²) in [6, 6.07) is 1.48. The van der Waals surface area contributed by atoms with Gasteiger partial charge in [-0.05, 0) is 39.7 Å². The highest BCUT2D eigenvalue weighted by atomic mass is 32.1. The van der Waals surface area contributed by atoms with Crippen molar-refractivity contribution < 1.29 is 0 Å². The molecule has 0 bridgehead atoms. The van der Waals surface area contributed by atoms with Gasteiger partial charge in [-0.25, -0.2) is 4.98 Å². The topological polar surface area (TPSA) is 28.2 Å². The summed E-state index contributed by atoms with van der Waals surface area (Å²) in [5.41, 5.74) is 1.20. The molecule has 0 spiro atoms. The Kier molecular flexibility index (Phi) is 3.68. The highest BCUT2D eigenvalue weighted by molar-refractivity contribution is 7.11. The average molecular weight is 265 g/mol. The molecule has 0 aliphatic carbocycles. The fourth-order valence-corrected chi connectivity index (χ4v) is 4.20. The quantitative estimate of drug-likeness (QED) is 0.910. The third-order valence-corrected chi connectivity index (χ3v) is 5.52. The molecule has 1 aromatic heterocycles. The number of aryl methyl sites for hydroxylation is 2. The van der Waals surface area contributed by atoms with Crippen molar-refractivity contribution >= 4 is 11.3 Å². The molecule has 2 fully saturated rings. The maximum absolute atomic E-state index is 4.62. The molecule has 4 heteroatoms. The summed E-state index contributed by atoms with van der Waals surface area (Å²) in [5.74, 6) is 0. The molecule has 2 atom stereocenters. The summed E-state index contributed by atoms with van der Waals surface area (Å²) in [5, 5.41) is 4.99. The van der Waals surface area contributed by atoms with E-state index in [0.717, 1.165) is 12.6 Å². The Bertz CT molecular complexity index is 396. The van der Waals surface area contributed by atoms with Crippen LogP contribution in [0.25, 0.3) is 0 Å².